The van der Waals surface area contributed by atoms with Crippen LogP contribution in [0.1, 0.15) is 31.1 Å². The molecule has 0 atom stereocenters. The van der Waals surface area contributed by atoms with E-state index in [0.717, 1.165) is 26.6 Å². The lowest BCUT2D eigenvalue weighted by molar-refractivity contribution is 0.0922. The van der Waals surface area contributed by atoms with Crippen molar-refractivity contribution in [3.8, 4) is 11.3 Å². The van der Waals surface area contributed by atoms with Crippen LogP contribution in [0.4, 0.5) is 0 Å². The van der Waals surface area contributed by atoms with E-state index in [1.54, 1.807) is 0 Å². The van der Waals surface area contributed by atoms with Crippen molar-refractivity contribution in [2.45, 2.75) is 26.3 Å². The number of fused-ring (bicyclic) bond motifs is 1. The van der Waals surface area contributed by atoms with Crippen molar-refractivity contribution in [2.75, 3.05) is 0 Å². The molecule has 118 valence electrons. The number of carbonyl (C=O) groups excluding carboxylic acids is 1. The summed E-state index contributed by atoms with van der Waals surface area (Å²) in [6.45, 7) is 5.96. The Morgan fingerprint density at radius 1 is 1.04 bits per heavy atom. The van der Waals surface area contributed by atoms with E-state index in [0.29, 0.717) is 5.56 Å². The number of aromatic amines is 1. The van der Waals surface area contributed by atoms with Crippen LogP contribution in [-0.4, -0.2) is 16.4 Å². The van der Waals surface area contributed by atoms with Crippen molar-refractivity contribution >= 4 is 32.7 Å². The van der Waals surface area contributed by atoms with Gasteiger partial charge >= 0.3 is 0 Å². The maximum Gasteiger partial charge on any atom is 0.254 e. The minimum atomic E-state index is -0.285. The highest BCUT2D eigenvalue weighted by Gasteiger charge is 2.22. The summed E-state index contributed by atoms with van der Waals surface area (Å²) in [4.78, 5) is 16.2. The number of carbonyl (C=O) groups is 1. The van der Waals surface area contributed by atoms with Gasteiger partial charge in [-0.1, -0.05) is 46.3 Å². The zero-order chi connectivity index (χ0) is 16.6. The molecule has 0 aliphatic heterocycles. The average Bonchev–Trinajstić information content (AvgIpc) is 2.85. The van der Waals surface area contributed by atoms with Crippen LogP contribution in [-0.2, 0) is 0 Å². The summed E-state index contributed by atoms with van der Waals surface area (Å²) in [7, 11) is 0. The van der Waals surface area contributed by atoms with Crippen LogP contribution < -0.4 is 5.32 Å². The minimum absolute atomic E-state index is 0.0622. The Morgan fingerprint density at radius 2 is 1.70 bits per heavy atom. The van der Waals surface area contributed by atoms with Crippen molar-refractivity contribution in [3.63, 3.8) is 0 Å². The molecule has 0 radical (unpaired) electrons. The van der Waals surface area contributed by atoms with Crippen LogP contribution >= 0.6 is 15.9 Å². The Balaban J connectivity index is 2.19. The Bertz CT molecular complexity index is 857. The third kappa shape index (κ3) is 3.32. The highest BCUT2D eigenvalue weighted by atomic mass is 79.9. The molecule has 3 nitrogen and oxygen atoms in total. The number of rotatable bonds is 2. The van der Waals surface area contributed by atoms with Gasteiger partial charge in [0.25, 0.3) is 5.91 Å². The molecule has 2 aromatic carbocycles. The summed E-state index contributed by atoms with van der Waals surface area (Å²) in [5, 5.41) is 4.00. The fourth-order valence-electron chi connectivity index (χ4n) is 2.61. The lowest BCUT2D eigenvalue weighted by Gasteiger charge is -2.20. The summed E-state index contributed by atoms with van der Waals surface area (Å²) < 4.78 is 1.01. The summed E-state index contributed by atoms with van der Waals surface area (Å²) >= 11 is 3.45. The summed E-state index contributed by atoms with van der Waals surface area (Å²) in [5.41, 5.74) is 3.21. The number of halogens is 1. The maximum absolute atomic E-state index is 12.9. The molecule has 0 spiro atoms. The molecule has 0 saturated carbocycles. The van der Waals surface area contributed by atoms with Crippen LogP contribution in [0.5, 0.6) is 0 Å². The van der Waals surface area contributed by atoms with Gasteiger partial charge in [0.05, 0.1) is 11.3 Å². The number of para-hydroxylation sites is 1. The fraction of sp³-hybridized carbons (Fsp3) is 0.211. The minimum Gasteiger partial charge on any atom is -0.354 e. The summed E-state index contributed by atoms with van der Waals surface area (Å²) in [5.74, 6) is -0.0622. The van der Waals surface area contributed by atoms with Crippen LogP contribution in [0.2, 0.25) is 0 Å². The molecule has 0 aliphatic carbocycles. The smallest absolute Gasteiger partial charge is 0.254 e. The third-order valence-corrected chi connectivity index (χ3v) is 4.08. The van der Waals surface area contributed by atoms with Crippen molar-refractivity contribution in [3.05, 3.63) is 58.6 Å². The SMILES string of the molecule is CC(C)(C)NC(=O)c1c(-c2ccc(Br)cc2)[nH]c2ccccc12. The first-order valence-electron chi connectivity index (χ1n) is 7.54. The Kier molecular flexibility index (Phi) is 4.02. The monoisotopic (exact) mass is 370 g/mol. The standard InChI is InChI=1S/C19H19BrN2O/c1-19(2,3)22-18(23)16-14-6-4-5-7-15(14)21-17(16)12-8-10-13(20)11-9-12/h4-11,21H,1-3H3,(H,22,23). The van der Waals surface area contributed by atoms with E-state index in [9.17, 15) is 4.79 Å². The molecule has 0 unspecified atom stereocenters. The van der Waals surface area contributed by atoms with Crippen molar-refractivity contribution < 1.29 is 4.79 Å². The van der Waals surface area contributed by atoms with Gasteiger partial charge in [-0.2, -0.15) is 0 Å². The number of benzene rings is 2. The molecule has 0 bridgehead atoms. The van der Waals surface area contributed by atoms with E-state index in [4.69, 9.17) is 0 Å². The van der Waals surface area contributed by atoms with Gasteiger partial charge in [-0.25, -0.2) is 0 Å². The second-order valence-electron chi connectivity index (χ2n) is 6.63. The van der Waals surface area contributed by atoms with E-state index in [2.05, 4.69) is 26.2 Å². The molecule has 23 heavy (non-hydrogen) atoms. The van der Waals surface area contributed by atoms with Gasteiger partial charge < -0.3 is 10.3 Å². The van der Waals surface area contributed by atoms with Crippen molar-refractivity contribution in [2.24, 2.45) is 0 Å². The van der Waals surface area contributed by atoms with E-state index in [-0.39, 0.29) is 11.4 Å². The number of hydrogen-bond donors (Lipinski definition) is 2. The first-order valence-corrected chi connectivity index (χ1v) is 8.33. The van der Waals surface area contributed by atoms with Gasteiger partial charge in [0.1, 0.15) is 0 Å². The number of aromatic nitrogens is 1. The first kappa shape index (κ1) is 15.8. The Hall–Kier alpha value is -2.07. The van der Waals surface area contributed by atoms with Gasteiger partial charge in [0, 0.05) is 20.9 Å². The van der Waals surface area contributed by atoms with E-state index < -0.39 is 0 Å². The summed E-state index contributed by atoms with van der Waals surface area (Å²) in [6, 6.07) is 15.9. The van der Waals surface area contributed by atoms with Crippen LogP contribution in [0, 0.1) is 0 Å². The molecule has 0 saturated heterocycles. The fourth-order valence-corrected chi connectivity index (χ4v) is 2.88. The zero-order valence-corrected chi connectivity index (χ0v) is 15.0. The van der Waals surface area contributed by atoms with Gasteiger partial charge in [-0.15, -0.1) is 0 Å². The normalized spacial score (nSPS) is 11.7. The van der Waals surface area contributed by atoms with Gasteiger partial charge in [-0.3, -0.25) is 4.79 Å². The molecular weight excluding hydrogens is 352 g/mol. The predicted molar refractivity (Wildman–Crippen MR) is 98.7 cm³/mol. The van der Waals surface area contributed by atoms with E-state index in [1.165, 1.54) is 0 Å². The van der Waals surface area contributed by atoms with E-state index in [1.807, 2.05) is 69.3 Å². The summed E-state index contributed by atoms with van der Waals surface area (Å²) in [6.07, 6.45) is 0. The molecule has 0 fully saturated rings. The molecule has 3 rings (SSSR count). The van der Waals surface area contributed by atoms with Gasteiger partial charge in [0.15, 0.2) is 0 Å². The highest BCUT2D eigenvalue weighted by Crippen LogP contribution is 2.31. The topological polar surface area (TPSA) is 44.9 Å². The first-order chi connectivity index (χ1) is 10.8. The van der Waals surface area contributed by atoms with Gasteiger partial charge in [-0.05, 0) is 44.5 Å². The van der Waals surface area contributed by atoms with Crippen molar-refractivity contribution in [1.29, 1.82) is 0 Å². The molecular formula is C19H19BrN2O. The largest absolute Gasteiger partial charge is 0.354 e. The second-order valence-corrected chi connectivity index (χ2v) is 7.55. The molecule has 1 amide bonds. The lowest BCUT2D eigenvalue weighted by Crippen LogP contribution is -2.40. The highest BCUT2D eigenvalue weighted by molar-refractivity contribution is 9.10. The molecule has 3 aromatic rings. The van der Waals surface area contributed by atoms with Crippen LogP contribution in [0.25, 0.3) is 22.2 Å². The molecule has 0 aliphatic rings. The third-order valence-electron chi connectivity index (χ3n) is 3.55. The van der Waals surface area contributed by atoms with Crippen LogP contribution in [0.3, 0.4) is 0 Å². The second kappa shape index (κ2) is 5.85. The Labute approximate surface area is 144 Å². The van der Waals surface area contributed by atoms with Crippen LogP contribution in [0.15, 0.2) is 53.0 Å². The Morgan fingerprint density at radius 3 is 2.35 bits per heavy atom. The number of amides is 1. The molecule has 2 N–H and O–H groups in total. The number of nitrogens with one attached hydrogen (secondary N) is 2. The van der Waals surface area contributed by atoms with Gasteiger partial charge in [0.2, 0.25) is 0 Å². The predicted octanol–water partition coefficient (Wildman–Crippen LogP) is 5.13. The van der Waals surface area contributed by atoms with E-state index >= 15 is 0 Å². The quantitative estimate of drug-likeness (QED) is 0.645. The molecule has 1 aromatic heterocycles. The number of H-pyrrole nitrogens is 1. The van der Waals surface area contributed by atoms with Crippen molar-refractivity contribution in [1.82, 2.24) is 10.3 Å². The lowest BCUT2D eigenvalue weighted by atomic mass is 10.0. The zero-order valence-electron chi connectivity index (χ0n) is 13.4. The maximum atomic E-state index is 12.9. The molecule has 4 heteroatoms. The molecule has 1 heterocycles. The number of hydrogen-bond acceptors (Lipinski definition) is 1. The average molecular weight is 371 g/mol.